The molecule has 1 atom stereocenters. The number of nitrogens with zero attached hydrogens (tertiary/aromatic N) is 3. The molecule has 0 aliphatic heterocycles. The van der Waals surface area contributed by atoms with E-state index in [2.05, 4.69) is 34.5 Å². The summed E-state index contributed by atoms with van der Waals surface area (Å²) in [7, 11) is 4.12. The molecule has 2 aromatic rings. The van der Waals surface area contributed by atoms with Gasteiger partial charge in [0.1, 0.15) is 0 Å². The molecule has 6 heteroatoms. The highest BCUT2D eigenvalue weighted by Gasteiger charge is 2.32. The molecule has 0 bridgehead atoms. The molecule has 1 saturated carbocycles. The second kappa shape index (κ2) is 5.44. The predicted molar refractivity (Wildman–Crippen MR) is 79.1 cm³/mol. The van der Waals surface area contributed by atoms with Gasteiger partial charge in [-0.25, -0.2) is 4.98 Å². The maximum Gasteiger partial charge on any atom is 0.257 e. The molecule has 0 radical (unpaired) electrons. The zero-order valence-electron chi connectivity index (χ0n) is 12.6. The van der Waals surface area contributed by atoms with Crippen molar-refractivity contribution in [2.45, 2.75) is 25.8 Å². The number of aryl methyl sites for hydroxylation is 1. The molecular weight excluding hydrogens is 268 g/mol. The van der Waals surface area contributed by atoms with Crippen LogP contribution in [-0.2, 0) is 0 Å². The van der Waals surface area contributed by atoms with Crippen LogP contribution in [-0.4, -0.2) is 47.6 Å². The molecule has 0 aromatic carbocycles. The number of hydrogen-bond donors (Lipinski definition) is 1. The molecule has 1 aliphatic carbocycles. The topological polar surface area (TPSA) is 71.3 Å². The molecule has 2 aromatic heterocycles. The van der Waals surface area contributed by atoms with Crippen molar-refractivity contribution >= 4 is 17.0 Å². The fourth-order valence-corrected chi connectivity index (χ4v) is 2.62. The van der Waals surface area contributed by atoms with Gasteiger partial charge in [-0.05, 0) is 45.8 Å². The molecule has 2 heterocycles. The van der Waals surface area contributed by atoms with Crippen LogP contribution in [0.2, 0.25) is 0 Å². The Kier molecular flexibility index (Phi) is 3.63. The highest BCUT2D eigenvalue weighted by atomic mass is 16.5. The Morgan fingerprint density at radius 3 is 2.95 bits per heavy atom. The maximum atomic E-state index is 12.3. The maximum absolute atomic E-state index is 12.3. The van der Waals surface area contributed by atoms with Crippen molar-refractivity contribution in [3.63, 3.8) is 0 Å². The van der Waals surface area contributed by atoms with E-state index < -0.39 is 0 Å². The van der Waals surface area contributed by atoms with Gasteiger partial charge >= 0.3 is 0 Å². The van der Waals surface area contributed by atoms with Crippen molar-refractivity contribution in [3.8, 4) is 0 Å². The Hall–Kier alpha value is -1.95. The lowest BCUT2D eigenvalue weighted by molar-refractivity contribution is 0.0938. The number of rotatable bonds is 5. The van der Waals surface area contributed by atoms with E-state index in [4.69, 9.17) is 4.52 Å². The molecule has 0 unspecified atom stereocenters. The number of hydrogen-bond acceptors (Lipinski definition) is 5. The van der Waals surface area contributed by atoms with E-state index >= 15 is 0 Å². The van der Waals surface area contributed by atoms with Gasteiger partial charge in [0, 0.05) is 18.8 Å². The third-order valence-corrected chi connectivity index (χ3v) is 4.07. The minimum atomic E-state index is -0.0995. The van der Waals surface area contributed by atoms with Crippen molar-refractivity contribution in [1.82, 2.24) is 20.4 Å². The van der Waals surface area contributed by atoms with E-state index in [9.17, 15) is 4.79 Å². The molecule has 1 fully saturated rings. The summed E-state index contributed by atoms with van der Waals surface area (Å²) in [6.07, 6.45) is 4.04. The molecule has 112 valence electrons. The fourth-order valence-electron chi connectivity index (χ4n) is 2.62. The molecule has 21 heavy (non-hydrogen) atoms. The van der Waals surface area contributed by atoms with Gasteiger partial charge in [-0.3, -0.25) is 4.79 Å². The van der Waals surface area contributed by atoms with Crippen LogP contribution >= 0.6 is 0 Å². The summed E-state index contributed by atoms with van der Waals surface area (Å²) < 4.78 is 5.05. The standard InChI is InChI=1S/C15H20N4O2/c1-9-12-6-11(7-17-15(12)21-18-9)14(20)16-8-13(19(2)3)10-4-5-10/h6-7,10,13H,4-5,8H2,1-3H3,(H,16,20)/t13-/m0/s1. The van der Waals surface area contributed by atoms with Gasteiger partial charge in [-0.1, -0.05) is 5.16 Å². The summed E-state index contributed by atoms with van der Waals surface area (Å²) in [6.45, 7) is 2.50. The van der Waals surface area contributed by atoms with E-state index in [0.717, 1.165) is 11.1 Å². The van der Waals surface area contributed by atoms with Gasteiger partial charge in [-0.15, -0.1) is 0 Å². The Morgan fingerprint density at radius 2 is 2.29 bits per heavy atom. The average Bonchev–Trinajstić information content (AvgIpc) is 3.23. The van der Waals surface area contributed by atoms with Crippen LogP contribution in [0.4, 0.5) is 0 Å². The number of pyridine rings is 1. The first-order chi connectivity index (χ1) is 10.1. The van der Waals surface area contributed by atoms with Crippen LogP contribution in [0.1, 0.15) is 28.9 Å². The van der Waals surface area contributed by atoms with Gasteiger partial charge < -0.3 is 14.7 Å². The highest BCUT2D eigenvalue weighted by molar-refractivity contribution is 5.96. The lowest BCUT2D eigenvalue weighted by atomic mass is 10.1. The minimum Gasteiger partial charge on any atom is -0.350 e. The first kappa shape index (κ1) is 14.0. The minimum absolute atomic E-state index is 0.0995. The number of carbonyl (C=O) groups is 1. The number of fused-ring (bicyclic) bond motifs is 1. The van der Waals surface area contributed by atoms with Crippen LogP contribution in [0.15, 0.2) is 16.8 Å². The second-order valence-electron chi connectivity index (χ2n) is 5.92. The molecular formula is C15H20N4O2. The van der Waals surface area contributed by atoms with Crippen molar-refractivity contribution in [2.24, 2.45) is 5.92 Å². The van der Waals surface area contributed by atoms with Gasteiger partial charge in [0.25, 0.3) is 11.6 Å². The Bertz CT molecular complexity index is 659. The Labute approximate surface area is 123 Å². The summed E-state index contributed by atoms with van der Waals surface area (Å²) in [5.74, 6) is 0.610. The zero-order chi connectivity index (χ0) is 15.0. The van der Waals surface area contributed by atoms with E-state index in [-0.39, 0.29) is 5.91 Å². The SMILES string of the molecule is Cc1noc2ncc(C(=O)NC[C@@H](C3CC3)N(C)C)cc12. The number of carbonyl (C=O) groups excluding carboxylic acids is 1. The number of nitrogens with one attached hydrogen (secondary N) is 1. The van der Waals surface area contributed by atoms with E-state index in [0.29, 0.717) is 29.8 Å². The lowest BCUT2D eigenvalue weighted by Crippen LogP contribution is -2.41. The molecule has 1 amide bonds. The van der Waals surface area contributed by atoms with Gasteiger partial charge in [0.2, 0.25) is 0 Å². The largest absolute Gasteiger partial charge is 0.350 e. The van der Waals surface area contributed by atoms with Gasteiger partial charge in [-0.2, -0.15) is 0 Å². The van der Waals surface area contributed by atoms with Crippen molar-refractivity contribution in [1.29, 1.82) is 0 Å². The summed E-state index contributed by atoms with van der Waals surface area (Å²) >= 11 is 0. The Morgan fingerprint density at radius 1 is 1.52 bits per heavy atom. The molecule has 6 nitrogen and oxygen atoms in total. The van der Waals surface area contributed by atoms with Crippen molar-refractivity contribution in [3.05, 3.63) is 23.5 Å². The first-order valence-electron chi connectivity index (χ1n) is 7.23. The van der Waals surface area contributed by atoms with Crippen LogP contribution < -0.4 is 5.32 Å². The van der Waals surface area contributed by atoms with Crippen LogP contribution in [0.5, 0.6) is 0 Å². The van der Waals surface area contributed by atoms with Gasteiger partial charge in [0.05, 0.1) is 16.6 Å². The Balaban J connectivity index is 1.69. The second-order valence-corrected chi connectivity index (χ2v) is 5.92. The first-order valence-corrected chi connectivity index (χ1v) is 7.23. The highest BCUT2D eigenvalue weighted by Crippen LogP contribution is 2.34. The smallest absolute Gasteiger partial charge is 0.257 e. The average molecular weight is 288 g/mol. The number of likely N-dealkylation sites (N-methyl/N-ethyl adjacent to an activating group) is 1. The summed E-state index contributed by atoms with van der Waals surface area (Å²) in [5, 5.41) is 7.64. The lowest BCUT2D eigenvalue weighted by Gasteiger charge is -2.24. The third kappa shape index (κ3) is 2.90. The fraction of sp³-hybridized carbons (Fsp3) is 0.533. The van der Waals surface area contributed by atoms with Crippen molar-refractivity contribution in [2.75, 3.05) is 20.6 Å². The van der Waals surface area contributed by atoms with Gasteiger partial charge in [0.15, 0.2) is 0 Å². The quantitative estimate of drug-likeness (QED) is 0.905. The van der Waals surface area contributed by atoms with Crippen LogP contribution in [0, 0.1) is 12.8 Å². The number of aromatic nitrogens is 2. The molecule has 0 spiro atoms. The number of amides is 1. The monoisotopic (exact) mass is 288 g/mol. The molecule has 1 aliphatic rings. The van der Waals surface area contributed by atoms with E-state index in [1.54, 1.807) is 6.07 Å². The summed E-state index contributed by atoms with van der Waals surface area (Å²) in [4.78, 5) is 18.6. The van der Waals surface area contributed by atoms with E-state index in [1.807, 2.05) is 6.92 Å². The van der Waals surface area contributed by atoms with Crippen molar-refractivity contribution < 1.29 is 9.32 Å². The zero-order valence-corrected chi connectivity index (χ0v) is 12.6. The van der Waals surface area contributed by atoms with E-state index in [1.165, 1.54) is 19.0 Å². The summed E-state index contributed by atoms with van der Waals surface area (Å²) in [6, 6.07) is 2.19. The van der Waals surface area contributed by atoms with Crippen LogP contribution in [0.25, 0.3) is 11.1 Å². The third-order valence-electron chi connectivity index (χ3n) is 4.07. The molecule has 0 saturated heterocycles. The molecule has 3 rings (SSSR count). The van der Waals surface area contributed by atoms with Crippen LogP contribution in [0.3, 0.4) is 0 Å². The predicted octanol–water partition coefficient (Wildman–Crippen LogP) is 1.60. The molecule has 1 N–H and O–H groups in total. The normalized spacial score (nSPS) is 16.4. The summed E-state index contributed by atoms with van der Waals surface area (Å²) in [5.41, 5.74) is 1.76.